The summed E-state index contributed by atoms with van der Waals surface area (Å²) in [6.07, 6.45) is 6.22. The van der Waals surface area contributed by atoms with Crippen LogP contribution in [0.2, 0.25) is 0 Å². The van der Waals surface area contributed by atoms with Gasteiger partial charge < -0.3 is 10.6 Å². The number of carbonyl (C=O) groups is 1. The summed E-state index contributed by atoms with van der Waals surface area (Å²) in [5.74, 6) is 0.311. The third-order valence-corrected chi connectivity index (χ3v) is 5.76. The van der Waals surface area contributed by atoms with Gasteiger partial charge in [0.05, 0.1) is 10.5 Å². The molecule has 128 valence electrons. The van der Waals surface area contributed by atoms with Crippen molar-refractivity contribution in [3.63, 3.8) is 0 Å². The second-order valence-electron chi connectivity index (χ2n) is 5.88. The van der Waals surface area contributed by atoms with Crippen LogP contribution in [0, 0.1) is 5.92 Å². The summed E-state index contributed by atoms with van der Waals surface area (Å²) in [6.45, 7) is 0.808. The van der Waals surface area contributed by atoms with Crippen LogP contribution in [0.5, 0.6) is 0 Å². The van der Waals surface area contributed by atoms with Gasteiger partial charge in [-0.2, -0.15) is 0 Å². The second kappa shape index (κ2) is 7.79. The second-order valence-corrected chi connectivity index (χ2v) is 7.77. The highest BCUT2D eigenvalue weighted by Gasteiger charge is 2.19. The fourth-order valence-corrected chi connectivity index (χ4v) is 3.69. The molecule has 0 heterocycles. The molecule has 0 bridgehead atoms. The van der Waals surface area contributed by atoms with Crippen LogP contribution < -0.4 is 15.4 Å². The van der Waals surface area contributed by atoms with Gasteiger partial charge in [-0.3, -0.25) is 4.79 Å². The van der Waals surface area contributed by atoms with Gasteiger partial charge in [-0.25, -0.2) is 13.1 Å². The number of sulfonamides is 1. The summed E-state index contributed by atoms with van der Waals surface area (Å²) in [4.78, 5) is 12.2. The molecule has 23 heavy (non-hydrogen) atoms. The van der Waals surface area contributed by atoms with Crippen molar-refractivity contribution in [2.24, 2.45) is 5.92 Å². The van der Waals surface area contributed by atoms with Gasteiger partial charge in [-0.05, 0) is 44.0 Å². The summed E-state index contributed by atoms with van der Waals surface area (Å²) in [5.41, 5.74) is 1.02. The van der Waals surface area contributed by atoms with Gasteiger partial charge in [-0.1, -0.05) is 19.3 Å². The fraction of sp³-hybridized carbons (Fsp3) is 0.562. The Morgan fingerprint density at radius 1 is 1.17 bits per heavy atom. The molecule has 0 radical (unpaired) electrons. The first-order chi connectivity index (χ1) is 11.0. The Hall–Kier alpha value is -1.60. The lowest BCUT2D eigenvalue weighted by Gasteiger charge is -2.23. The monoisotopic (exact) mass is 339 g/mol. The van der Waals surface area contributed by atoms with E-state index < -0.39 is 10.0 Å². The third-order valence-electron chi connectivity index (χ3n) is 4.35. The Morgan fingerprint density at radius 2 is 1.87 bits per heavy atom. The Labute approximate surface area is 138 Å². The molecule has 0 aromatic heterocycles. The van der Waals surface area contributed by atoms with Gasteiger partial charge in [-0.15, -0.1) is 0 Å². The standard InChI is InChI=1S/C16H25N3O3S/c1-17-16(20)14-10-13(23(21,22)18-2)8-9-15(14)19-11-12-6-4-3-5-7-12/h8-10,12,18-19H,3-7,11H2,1-2H3,(H,17,20). The Bertz CT molecular complexity index is 653. The van der Waals surface area contributed by atoms with E-state index in [0.29, 0.717) is 17.2 Å². The summed E-state index contributed by atoms with van der Waals surface area (Å²) >= 11 is 0. The third kappa shape index (κ3) is 4.45. The first kappa shape index (κ1) is 17.7. The molecule has 2 rings (SSSR count). The van der Waals surface area contributed by atoms with Gasteiger partial charge in [0.1, 0.15) is 0 Å². The van der Waals surface area contributed by atoms with Crippen LogP contribution in [-0.2, 0) is 10.0 Å². The van der Waals surface area contributed by atoms with Crippen molar-refractivity contribution in [1.82, 2.24) is 10.0 Å². The van der Waals surface area contributed by atoms with Crippen LogP contribution in [0.3, 0.4) is 0 Å². The Balaban J connectivity index is 2.22. The highest BCUT2D eigenvalue weighted by Crippen LogP contribution is 2.26. The lowest BCUT2D eigenvalue weighted by molar-refractivity contribution is 0.0963. The zero-order chi connectivity index (χ0) is 16.9. The SMILES string of the molecule is CNC(=O)c1cc(S(=O)(=O)NC)ccc1NCC1CCCCC1. The summed E-state index contributed by atoms with van der Waals surface area (Å²) in [6, 6.07) is 4.59. The fourth-order valence-electron chi connectivity index (χ4n) is 2.93. The predicted molar refractivity (Wildman–Crippen MR) is 91.1 cm³/mol. The topological polar surface area (TPSA) is 87.3 Å². The zero-order valence-electron chi connectivity index (χ0n) is 13.7. The van der Waals surface area contributed by atoms with E-state index in [-0.39, 0.29) is 10.8 Å². The number of nitrogens with one attached hydrogen (secondary N) is 3. The van der Waals surface area contributed by atoms with E-state index in [1.807, 2.05) is 0 Å². The van der Waals surface area contributed by atoms with Crippen molar-refractivity contribution in [1.29, 1.82) is 0 Å². The molecular weight excluding hydrogens is 314 g/mol. The number of anilines is 1. The largest absolute Gasteiger partial charge is 0.384 e. The number of hydrogen-bond donors (Lipinski definition) is 3. The highest BCUT2D eigenvalue weighted by molar-refractivity contribution is 7.89. The van der Waals surface area contributed by atoms with E-state index in [2.05, 4.69) is 15.4 Å². The molecule has 1 aliphatic carbocycles. The van der Waals surface area contributed by atoms with Crippen LogP contribution >= 0.6 is 0 Å². The lowest BCUT2D eigenvalue weighted by atomic mass is 9.89. The predicted octanol–water partition coefficient (Wildman–Crippen LogP) is 1.95. The van der Waals surface area contributed by atoms with E-state index in [0.717, 1.165) is 6.54 Å². The number of benzene rings is 1. The first-order valence-corrected chi connectivity index (χ1v) is 9.50. The van der Waals surface area contributed by atoms with Gasteiger partial charge in [0.2, 0.25) is 10.0 Å². The molecule has 0 spiro atoms. The smallest absolute Gasteiger partial charge is 0.253 e. The number of rotatable bonds is 6. The summed E-state index contributed by atoms with van der Waals surface area (Å²) in [5, 5.41) is 5.88. The molecule has 1 fully saturated rings. The van der Waals surface area contributed by atoms with Gasteiger partial charge >= 0.3 is 0 Å². The maximum Gasteiger partial charge on any atom is 0.253 e. The first-order valence-electron chi connectivity index (χ1n) is 8.01. The molecule has 1 aromatic rings. The highest BCUT2D eigenvalue weighted by atomic mass is 32.2. The summed E-state index contributed by atoms with van der Waals surface area (Å²) < 4.78 is 26.1. The van der Waals surface area contributed by atoms with Crippen LogP contribution in [-0.4, -0.2) is 35.0 Å². The van der Waals surface area contributed by atoms with Crippen LogP contribution in [0.15, 0.2) is 23.1 Å². The summed E-state index contributed by atoms with van der Waals surface area (Å²) in [7, 11) is -0.687. The van der Waals surface area contributed by atoms with Crippen molar-refractivity contribution < 1.29 is 13.2 Å². The zero-order valence-corrected chi connectivity index (χ0v) is 14.5. The molecule has 0 aliphatic heterocycles. The van der Waals surface area contributed by atoms with Crippen LogP contribution in [0.4, 0.5) is 5.69 Å². The molecule has 1 amide bonds. The van der Waals surface area contributed by atoms with E-state index >= 15 is 0 Å². The number of amides is 1. The average molecular weight is 339 g/mol. The molecule has 1 saturated carbocycles. The number of carbonyl (C=O) groups excluding carboxylic acids is 1. The molecular formula is C16H25N3O3S. The lowest BCUT2D eigenvalue weighted by Crippen LogP contribution is -2.24. The Kier molecular flexibility index (Phi) is 6.01. The van der Waals surface area contributed by atoms with Crippen LogP contribution in [0.1, 0.15) is 42.5 Å². The van der Waals surface area contributed by atoms with Crippen molar-refractivity contribution in [2.75, 3.05) is 26.0 Å². The minimum Gasteiger partial charge on any atom is -0.384 e. The molecule has 0 unspecified atom stereocenters. The molecule has 1 aliphatic rings. The van der Waals surface area contributed by atoms with Gasteiger partial charge in [0.15, 0.2) is 0 Å². The minimum absolute atomic E-state index is 0.0850. The Morgan fingerprint density at radius 3 is 2.48 bits per heavy atom. The maximum atomic E-state index is 12.1. The van der Waals surface area contributed by atoms with Crippen LogP contribution in [0.25, 0.3) is 0 Å². The van der Waals surface area contributed by atoms with E-state index in [1.165, 1.54) is 58.3 Å². The van der Waals surface area contributed by atoms with Gasteiger partial charge in [0, 0.05) is 19.3 Å². The molecule has 1 aromatic carbocycles. The molecule has 3 N–H and O–H groups in total. The minimum atomic E-state index is -3.57. The van der Waals surface area contributed by atoms with Crippen molar-refractivity contribution in [2.45, 2.75) is 37.0 Å². The van der Waals surface area contributed by atoms with Crippen molar-refractivity contribution >= 4 is 21.6 Å². The quantitative estimate of drug-likeness (QED) is 0.739. The number of hydrogen-bond acceptors (Lipinski definition) is 4. The van der Waals surface area contributed by atoms with Crippen molar-refractivity contribution in [3.05, 3.63) is 23.8 Å². The van der Waals surface area contributed by atoms with E-state index in [4.69, 9.17) is 0 Å². The average Bonchev–Trinajstić information content (AvgIpc) is 2.60. The molecule has 0 atom stereocenters. The molecule has 0 saturated heterocycles. The maximum absolute atomic E-state index is 12.1. The molecule has 6 nitrogen and oxygen atoms in total. The van der Waals surface area contributed by atoms with E-state index in [1.54, 1.807) is 6.07 Å². The molecule has 7 heteroatoms. The van der Waals surface area contributed by atoms with Gasteiger partial charge in [0.25, 0.3) is 5.91 Å². The van der Waals surface area contributed by atoms with E-state index in [9.17, 15) is 13.2 Å². The van der Waals surface area contributed by atoms with Crippen molar-refractivity contribution in [3.8, 4) is 0 Å². The normalized spacial score (nSPS) is 16.1.